The number of benzene rings is 1. The molecular formula is C22H29ClN4O. The molecule has 1 aromatic carbocycles. The lowest BCUT2D eigenvalue weighted by Crippen LogP contribution is -2.52. The minimum Gasteiger partial charge on any atom is -0.460 e. The van der Waals surface area contributed by atoms with E-state index in [4.69, 9.17) is 15.2 Å². The highest BCUT2D eigenvalue weighted by molar-refractivity contribution is 5.85. The van der Waals surface area contributed by atoms with E-state index in [0.717, 1.165) is 49.0 Å². The Hall–Kier alpha value is -2.08. The van der Waals surface area contributed by atoms with Crippen LogP contribution < -0.4 is 5.73 Å². The van der Waals surface area contributed by atoms with E-state index >= 15 is 0 Å². The minimum absolute atomic E-state index is 0. The van der Waals surface area contributed by atoms with Crippen LogP contribution in [0.15, 0.2) is 53.1 Å². The number of piperidine rings is 1. The van der Waals surface area contributed by atoms with Crippen LogP contribution >= 0.6 is 12.4 Å². The van der Waals surface area contributed by atoms with E-state index in [1.807, 2.05) is 41.9 Å². The van der Waals surface area contributed by atoms with Gasteiger partial charge >= 0.3 is 0 Å². The van der Waals surface area contributed by atoms with Crippen LogP contribution in [0.3, 0.4) is 0 Å². The number of aryl methyl sites for hydroxylation is 1. The standard InChI is InChI=1S/C22H28N4O.ClH/c1-16-9-10-19(27-16)21-17(13-25-12-11-20(23)22(2,3)15-25)14-26(24-21)18-7-5-4-6-8-18;/h4-10,14,20H,11-13,15,23H2,1-3H3;1H. The van der Waals surface area contributed by atoms with E-state index in [1.54, 1.807) is 0 Å². The smallest absolute Gasteiger partial charge is 0.154 e. The molecule has 2 N–H and O–H groups in total. The Labute approximate surface area is 172 Å². The molecule has 1 saturated heterocycles. The summed E-state index contributed by atoms with van der Waals surface area (Å²) in [5.74, 6) is 1.72. The van der Waals surface area contributed by atoms with Crippen LogP contribution in [0, 0.1) is 12.3 Å². The van der Waals surface area contributed by atoms with E-state index in [1.165, 1.54) is 5.56 Å². The molecule has 3 aromatic rings. The van der Waals surface area contributed by atoms with Gasteiger partial charge in [0.15, 0.2) is 5.76 Å². The highest BCUT2D eigenvalue weighted by atomic mass is 35.5. The second-order valence-corrected chi connectivity index (χ2v) is 8.29. The lowest BCUT2D eigenvalue weighted by Gasteiger charge is -2.42. The van der Waals surface area contributed by atoms with Crippen molar-refractivity contribution in [2.24, 2.45) is 11.1 Å². The molecule has 0 amide bonds. The van der Waals surface area contributed by atoms with Gasteiger partial charge in [-0.1, -0.05) is 32.0 Å². The summed E-state index contributed by atoms with van der Waals surface area (Å²) in [6.45, 7) is 9.32. The fourth-order valence-electron chi connectivity index (χ4n) is 3.87. The summed E-state index contributed by atoms with van der Waals surface area (Å²) < 4.78 is 7.84. The molecule has 1 aliphatic heterocycles. The van der Waals surface area contributed by atoms with Crippen molar-refractivity contribution in [1.82, 2.24) is 14.7 Å². The van der Waals surface area contributed by atoms with Gasteiger partial charge in [-0.3, -0.25) is 4.90 Å². The zero-order valence-electron chi connectivity index (χ0n) is 16.8. The third kappa shape index (κ3) is 4.17. The number of hydrogen-bond acceptors (Lipinski definition) is 4. The van der Waals surface area contributed by atoms with Crippen molar-refractivity contribution in [1.29, 1.82) is 0 Å². The van der Waals surface area contributed by atoms with E-state index < -0.39 is 0 Å². The lowest BCUT2D eigenvalue weighted by molar-refractivity contribution is 0.0899. The Balaban J connectivity index is 0.00000225. The van der Waals surface area contributed by atoms with Gasteiger partial charge in [-0.25, -0.2) is 4.68 Å². The normalized spacial score (nSPS) is 19.4. The average Bonchev–Trinajstić information content (AvgIpc) is 3.25. The van der Waals surface area contributed by atoms with Crippen LogP contribution in [-0.4, -0.2) is 33.8 Å². The third-order valence-electron chi connectivity index (χ3n) is 5.57. The molecule has 28 heavy (non-hydrogen) atoms. The molecule has 1 atom stereocenters. The van der Waals surface area contributed by atoms with E-state index in [9.17, 15) is 0 Å². The zero-order valence-corrected chi connectivity index (χ0v) is 17.6. The number of hydrogen-bond donors (Lipinski definition) is 1. The summed E-state index contributed by atoms with van der Waals surface area (Å²) in [7, 11) is 0. The van der Waals surface area contributed by atoms with Crippen molar-refractivity contribution in [3.63, 3.8) is 0 Å². The number of likely N-dealkylation sites (tertiary alicyclic amines) is 1. The van der Waals surface area contributed by atoms with Crippen LogP contribution in [0.5, 0.6) is 0 Å². The molecule has 0 aliphatic carbocycles. The molecule has 3 heterocycles. The first kappa shape index (κ1) is 20.6. The van der Waals surface area contributed by atoms with E-state index in [0.29, 0.717) is 0 Å². The number of nitrogens with two attached hydrogens (primary N) is 1. The first-order valence-electron chi connectivity index (χ1n) is 9.61. The van der Waals surface area contributed by atoms with Gasteiger partial charge < -0.3 is 10.2 Å². The molecule has 1 fully saturated rings. The fourth-order valence-corrected chi connectivity index (χ4v) is 3.87. The molecule has 0 spiro atoms. The summed E-state index contributed by atoms with van der Waals surface area (Å²) in [6.07, 6.45) is 3.15. The van der Waals surface area contributed by atoms with Crippen molar-refractivity contribution in [2.45, 2.75) is 39.8 Å². The number of nitrogens with zero attached hydrogens (tertiary/aromatic N) is 3. The number of halogens is 1. The summed E-state index contributed by atoms with van der Waals surface area (Å²) in [5.41, 5.74) is 9.58. The molecule has 0 radical (unpaired) electrons. The highest BCUT2D eigenvalue weighted by Crippen LogP contribution is 2.31. The van der Waals surface area contributed by atoms with Crippen molar-refractivity contribution >= 4 is 12.4 Å². The Morgan fingerprint density at radius 1 is 1.18 bits per heavy atom. The molecule has 5 nitrogen and oxygen atoms in total. The fraction of sp³-hybridized carbons (Fsp3) is 0.409. The Morgan fingerprint density at radius 3 is 2.57 bits per heavy atom. The maximum atomic E-state index is 6.31. The average molecular weight is 401 g/mol. The van der Waals surface area contributed by atoms with Gasteiger partial charge in [-0.05, 0) is 43.0 Å². The van der Waals surface area contributed by atoms with Gasteiger partial charge in [-0.15, -0.1) is 12.4 Å². The van der Waals surface area contributed by atoms with Crippen molar-refractivity contribution in [3.05, 3.63) is 60.0 Å². The molecule has 4 rings (SSSR count). The molecule has 1 aliphatic rings. The summed E-state index contributed by atoms with van der Waals surface area (Å²) in [5, 5.41) is 4.85. The molecule has 1 unspecified atom stereocenters. The molecule has 0 saturated carbocycles. The van der Waals surface area contributed by atoms with Crippen molar-refractivity contribution in [2.75, 3.05) is 13.1 Å². The Kier molecular flexibility index (Phi) is 5.98. The number of rotatable bonds is 4. The van der Waals surface area contributed by atoms with Gasteiger partial charge in [0.05, 0.1) is 5.69 Å². The molecule has 6 heteroatoms. The first-order valence-corrected chi connectivity index (χ1v) is 9.61. The van der Waals surface area contributed by atoms with Gasteiger partial charge in [0.1, 0.15) is 11.5 Å². The topological polar surface area (TPSA) is 60.2 Å². The highest BCUT2D eigenvalue weighted by Gasteiger charge is 2.33. The number of furan rings is 1. The monoisotopic (exact) mass is 400 g/mol. The van der Waals surface area contributed by atoms with Crippen LogP contribution in [0.25, 0.3) is 17.1 Å². The third-order valence-corrected chi connectivity index (χ3v) is 5.57. The van der Waals surface area contributed by atoms with Crippen molar-refractivity contribution < 1.29 is 4.42 Å². The van der Waals surface area contributed by atoms with Gasteiger partial charge in [0.2, 0.25) is 0 Å². The maximum absolute atomic E-state index is 6.31. The minimum atomic E-state index is 0. The summed E-state index contributed by atoms with van der Waals surface area (Å²) >= 11 is 0. The van der Waals surface area contributed by atoms with Gasteiger partial charge in [0, 0.05) is 37.4 Å². The quantitative estimate of drug-likeness (QED) is 0.704. The summed E-state index contributed by atoms with van der Waals surface area (Å²) in [6, 6.07) is 14.5. The molecule has 0 bridgehead atoms. The predicted molar refractivity (Wildman–Crippen MR) is 115 cm³/mol. The summed E-state index contributed by atoms with van der Waals surface area (Å²) in [4.78, 5) is 2.48. The Bertz CT molecular complexity index is 916. The van der Waals surface area contributed by atoms with E-state index in [-0.39, 0.29) is 23.9 Å². The molecule has 2 aromatic heterocycles. The second-order valence-electron chi connectivity index (χ2n) is 8.29. The van der Waals surface area contributed by atoms with Gasteiger partial charge in [-0.2, -0.15) is 5.10 Å². The number of aromatic nitrogens is 2. The first-order chi connectivity index (χ1) is 12.9. The number of para-hydroxylation sites is 1. The SMILES string of the molecule is Cc1ccc(-c2nn(-c3ccccc3)cc2CN2CCC(N)C(C)(C)C2)o1.Cl. The van der Waals surface area contributed by atoms with Gasteiger partial charge in [0.25, 0.3) is 0 Å². The molecular weight excluding hydrogens is 372 g/mol. The largest absolute Gasteiger partial charge is 0.460 e. The van der Waals surface area contributed by atoms with Crippen LogP contribution in [0.2, 0.25) is 0 Å². The second kappa shape index (κ2) is 8.11. The maximum Gasteiger partial charge on any atom is 0.154 e. The van der Waals surface area contributed by atoms with Crippen LogP contribution in [0.4, 0.5) is 0 Å². The van der Waals surface area contributed by atoms with Crippen molar-refractivity contribution in [3.8, 4) is 17.1 Å². The zero-order chi connectivity index (χ0) is 19.0. The van der Waals surface area contributed by atoms with Crippen LogP contribution in [-0.2, 0) is 6.54 Å². The lowest BCUT2D eigenvalue weighted by atomic mass is 9.79. The predicted octanol–water partition coefficient (Wildman–Crippen LogP) is 4.42. The Morgan fingerprint density at radius 2 is 1.93 bits per heavy atom. The van der Waals surface area contributed by atoms with Crippen LogP contribution in [0.1, 0.15) is 31.6 Å². The van der Waals surface area contributed by atoms with E-state index in [2.05, 4.69) is 37.1 Å². The molecule has 150 valence electrons.